The number of nitrogens with zero attached hydrogens (tertiary/aromatic N) is 2. The lowest BCUT2D eigenvalue weighted by Crippen LogP contribution is -1.96. The molecule has 0 bridgehead atoms. The molecule has 0 saturated carbocycles. The summed E-state index contributed by atoms with van der Waals surface area (Å²) < 4.78 is 3.45. The van der Waals surface area contributed by atoms with Crippen LogP contribution < -0.4 is 0 Å². The van der Waals surface area contributed by atoms with Gasteiger partial charge in [-0.25, -0.2) is 4.98 Å². The van der Waals surface area contributed by atoms with E-state index < -0.39 is 0 Å². The van der Waals surface area contributed by atoms with Crippen LogP contribution in [0.25, 0.3) is 16.9 Å². The second-order valence-corrected chi connectivity index (χ2v) is 5.56. The maximum atomic E-state index is 4.78. The Balaban J connectivity index is 2.12. The van der Waals surface area contributed by atoms with E-state index in [0.29, 0.717) is 0 Å². The number of imidazole rings is 1. The molecule has 1 aromatic carbocycles. The van der Waals surface area contributed by atoms with E-state index >= 15 is 0 Å². The molecule has 0 unspecified atom stereocenters. The lowest BCUT2D eigenvalue weighted by Gasteiger charge is -2.04. The van der Waals surface area contributed by atoms with Crippen LogP contribution in [-0.4, -0.2) is 9.38 Å². The SMILES string of the molecule is Cc1cccc2nc3c(n12)Cc1c(Br)cccc1-3. The first-order chi connectivity index (χ1) is 8.75. The number of halogens is 1. The van der Waals surface area contributed by atoms with Crippen molar-refractivity contribution in [1.29, 1.82) is 0 Å². The van der Waals surface area contributed by atoms with Gasteiger partial charge in [0, 0.05) is 22.2 Å². The number of hydrogen-bond acceptors (Lipinski definition) is 1. The Kier molecular flexibility index (Phi) is 1.98. The second kappa shape index (κ2) is 3.45. The minimum Gasteiger partial charge on any atom is -0.300 e. The number of rotatable bonds is 0. The molecular formula is C15H11BrN2. The molecule has 1 aliphatic rings. The summed E-state index contributed by atoms with van der Waals surface area (Å²) in [4.78, 5) is 4.78. The van der Waals surface area contributed by atoms with Gasteiger partial charge in [-0.3, -0.25) is 0 Å². The molecule has 2 aromatic heterocycles. The maximum absolute atomic E-state index is 4.78. The predicted molar refractivity (Wildman–Crippen MR) is 75.9 cm³/mol. The number of aromatic nitrogens is 2. The highest BCUT2D eigenvalue weighted by Crippen LogP contribution is 2.40. The van der Waals surface area contributed by atoms with Gasteiger partial charge in [-0.2, -0.15) is 0 Å². The first kappa shape index (κ1) is 10.3. The average molecular weight is 299 g/mol. The van der Waals surface area contributed by atoms with Crippen molar-refractivity contribution < 1.29 is 0 Å². The van der Waals surface area contributed by atoms with Crippen molar-refractivity contribution in [2.24, 2.45) is 0 Å². The zero-order valence-corrected chi connectivity index (χ0v) is 11.5. The van der Waals surface area contributed by atoms with Crippen LogP contribution in [0.1, 0.15) is 17.0 Å². The van der Waals surface area contributed by atoms with Crippen LogP contribution in [0, 0.1) is 6.92 Å². The first-order valence-electron chi connectivity index (χ1n) is 6.00. The summed E-state index contributed by atoms with van der Waals surface area (Å²) in [5.74, 6) is 0. The Labute approximate surface area is 113 Å². The highest BCUT2D eigenvalue weighted by Gasteiger charge is 2.25. The Morgan fingerprint density at radius 3 is 2.89 bits per heavy atom. The number of benzene rings is 1. The lowest BCUT2D eigenvalue weighted by molar-refractivity contribution is 0.998. The largest absolute Gasteiger partial charge is 0.300 e. The Hall–Kier alpha value is -1.61. The third-order valence-corrected chi connectivity index (χ3v) is 4.40. The van der Waals surface area contributed by atoms with Gasteiger partial charge in [-0.05, 0) is 30.7 Å². The van der Waals surface area contributed by atoms with E-state index in [9.17, 15) is 0 Å². The van der Waals surface area contributed by atoms with Crippen molar-refractivity contribution in [3.63, 3.8) is 0 Å². The van der Waals surface area contributed by atoms with E-state index in [1.165, 1.54) is 27.0 Å². The zero-order valence-electron chi connectivity index (χ0n) is 9.94. The van der Waals surface area contributed by atoms with Crippen LogP contribution in [0.4, 0.5) is 0 Å². The minimum absolute atomic E-state index is 0.956. The molecule has 0 aliphatic heterocycles. The quantitative estimate of drug-likeness (QED) is 0.480. The summed E-state index contributed by atoms with van der Waals surface area (Å²) in [5, 5.41) is 0. The summed E-state index contributed by atoms with van der Waals surface area (Å²) in [6, 6.07) is 12.6. The first-order valence-corrected chi connectivity index (χ1v) is 6.80. The fraction of sp³-hybridized carbons (Fsp3) is 0.133. The number of pyridine rings is 1. The summed E-state index contributed by atoms with van der Waals surface area (Å²) in [6.07, 6.45) is 0.956. The third-order valence-electron chi connectivity index (χ3n) is 3.65. The van der Waals surface area contributed by atoms with Crippen LogP contribution in [0.15, 0.2) is 40.9 Å². The van der Waals surface area contributed by atoms with E-state index in [2.05, 4.69) is 63.7 Å². The fourth-order valence-corrected chi connectivity index (χ4v) is 3.34. The highest BCUT2D eigenvalue weighted by molar-refractivity contribution is 9.10. The number of fused-ring (bicyclic) bond motifs is 5. The number of hydrogen-bond donors (Lipinski definition) is 0. The van der Waals surface area contributed by atoms with Crippen molar-refractivity contribution >= 4 is 21.6 Å². The molecule has 18 heavy (non-hydrogen) atoms. The van der Waals surface area contributed by atoms with Gasteiger partial charge >= 0.3 is 0 Å². The molecule has 0 amide bonds. The highest BCUT2D eigenvalue weighted by atomic mass is 79.9. The lowest BCUT2D eigenvalue weighted by atomic mass is 10.1. The molecular weight excluding hydrogens is 288 g/mol. The number of aryl methyl sites for hydroxylation is 1. The Morgan fingerprint density at radius 1 is 1.17 bits per heavy atom. The van der Waals surface area contributed by atoms with Crippen molar-refractivity contribution in [3.05, 3.63) is 57.8 Å². The van der Waals surface area contributed by atoms with Crippen molar-refractivity contribution in [3.8, 4) is 11.3 Å². The molecule has 2 nitrogen and oxygen atoms in total. The molecule has 1 aliphatic carbocycles. The molecule has 0 radical (unpaired) electrons. The second-order valence-electron chi connectivity index (χ2n) is 4.71. The van der Waals surface area contributed by atoms with Gasteiger partial charge in [0.15, 0.2) is 0 Å². The Bertz CT molecular complexity index is 787. The standard InChI is InChI=1S/C15H11BrN2/c1-9-4-2-7-14-17-15-10-5-3-6-12(16)11(10)8-13(15)18(9)14/h2-7H,8H2,1H3. The van der Waals surface area contributed by atoms with Crippen molar-refractivity contribution in [2.75, 3.05) is 0 Å². The van der Waals surface area contributed by atoms with Gasteiger partial charge in [0.1, 0.15) is 5.65 Å². The van der Waals surface area contributed by atoms with Crippen LogP contribution in [0.2, 0.25) is 0 Å². The van der Waals surface area contributed by atoms with E-state index in [1.54, 1.807) is 0 Å². The monoisotopic (exact) mass is 298 g/mol. The molecule has 3 heteroatoms. The van der Waals surface area contributed by atoms with Crippen molar-refractivity contribution in [2.45, 2.75) is 13.3 Å². The van der Waals surface area contributed by atoms with Crippen LogP contribution in [-0.2, 0) is 6.42 Å². The zero-order chi connectivity index (χ0) is 12.3. The smallest absolute Gasteiger partial charge is 0.137 e. The normalized spacial score (nSPS) is 12.8. The van der Waals surface area contributed by atoms with Crippen molar-refractivity contribution in [1.82, 2.24) is 9.38 Å². The fourth-order valence-electron chi connectivity index (χ4n) is 2.83. The molecule has 2 heterocycles. The summed E-state index contributed by atoms with van der Waals surface area (Å²) in [7, 11) is 0. The van der Waals surface area contributed by atoms with Gasteiger partial charge in [0.2, 0.25) is 0 Å². The van der Waals surface area contributed by atoms with E-state index in [4.69, 9.17) is 4.98 Å². The molecule has 88 valence electrons. The molecule has 0 fully saturated rings. The van der Waals surface area contributed by atoms with Gasteiger partial charge in [0.25, 0.3) is 0 Å². The summed E-state index contributed by atoms with van der Waals surface area (Å²) >= 11 is 3.64. The summed E-state index contributed by atoms with van der Waals surface area (Å²) in [6.45, 7) is 2.13. The summed E-state index contributed by atoms with van der Waals surface area (Å²) in [5.41, 5.74) is 7.36. The predicted octanol–water partition coefficient (Wildman–Crippen LogP) is 3.98. The maximum Gasteiger partial charge on any atom is 0.137 e. The molecule has 4 rings (SSSR count). The van der Waals surface area contributed by atoms with Gasteiger partial charge < -0.3 is 4.40 Å². The molecule has 0 saturated heterocycles. The van der Waals surface area contributed by atoms with Gasteiger partial charge in [-0.1, -0.05) is 34.1 Å². The van der Waals surface area contributed by atoms with Gasteiger partial charge in [0.05, 0.1) is 11.4 Å². The molecule has 3 aromatic rings. The molecule has 0 atom stereocenters. The minimum atomic E-state index is 0.956. The topological polar surface area (TPSA) is 17.3 Å². The molecule has 0 N–H and O–H groups in total. The van der Waals surface area contributed by atoms with E-state index in [0.717, 1.165) is 17.8 Å². The Morgan fingerprint density at radius 2 is 2.00 bits per heavy atom. The van der Waals surface area contributed by atoms with E-state index in [1.807, 2.05) is 0 Å². The van der Waals surface area contributed by atoms with E-state index in [-0.39, 0.29) is 0 Å². The van der Waals surface area contributed by atoms with Crippen LogP contribution in [0.3, 0.4) is 0 Å². The third kappa shape index (κ3) is 1.20. The molecule has 0 spiro atoms. The van der Waals surface area contributed by atoms with Crippen LogP contribution in [0.5, 0.6) is 0 Å². The van der Waals surface area contributed by atoms with Crippen LogP contribution >= 0.6 is 15.9 Å². The van der Waals surface area contributed by atoms with Gasteiger partial charge in [-0.15, -0.1) is 0 Å². The average Bonchev–Trinajstić information content (AvgIpc) is 2.87.